The molecule has 7 nitrogen and oxygen atoms in total. The number of hydrogen-bond donors (Lipinski definition) is 0. The Morgan fingerprint density at radius 1 is 1.23 bits per heavy atom. The van der Waals surface area contributed by atoms with Gasteiger partial charge in [-0.1, -0.05) is 22.8 Å². The van der Waals surface area contributed by atoms with Gasteiger partial charge in [-0.3, -0.25) is 9.59 Å². The van der Waals surface area contributed by atoms with Gasteiger partial charge in [0.2, 0.25) is 0 Å². The van der Waals surface area contributed by atoms with E-state index in [0.717, 1.165) is 18.2 Å². The molecule has 0 saturated carbocycles. The fourth-order valence-electron chi connectivity index (χ4n) is 4.45. The van der Waals surface area contributed by atoms with Crippen LogP contribution in [0.4, 0.5) is 4.39 Å². The fraction of sp³-hybridized carbons (Fsp3) is 0.318. The van der Waals surface area contributed by atoms with Gasteiger partial charge in [-0.25, -0.2) is 4.39 Å². The first kappa shape index (κ1) is 19.8. The van der Waals surface area contributed by atoms with E-state index in [1.807, 2.05) is 10.6 Å². The number of ether oxygens (including phenoxy) is 1. The molecule has 0 aliphatic carbocycles. The van der Waals surface area contributed by atoms with Crippen LogP contribution in [0.25, 0.3) is 0 Å². The molecule has 0 spiro atoms. The minimum Gasteiger partial charge on any atom is -0.484 e. The SMILES string of the molecule is O=C(c1cc(COc2ccc(F)cc2Cl)on1)N1C[C@H]2C[C@@H](C1)c1cccc(=O)n1C2. The van der Waals surface area contributed by atoms with Gasteiger partial charge in [0.1, 0.15) is 18.2 Å². The van der Waals surface area contributed by atoms with Crippen LogP contribution in [0.15, 0.2) is 51.8 Å². The highest BCUT2D eigenvalue weighted by Crippen LogP contribution is 2.35. The summed E-state index contributed by atoms with van der Waals surface area (Å²) in [7, 11) is 0. The Labute approximate surface area is 182 Å². The van der Waals surface area contributed by atoms with Gasteiger partial charge in [-0.15, -0.1) is 0 Å². The van der Waals surface area contributed by atoms with Crippen LogP contribution in [-0.4, -0.2) is 33.6 Å². The van der Waals surface area contributed by atoms with E-state index in [2.05, 4.69) is 5.16 Å². The van der Waals surface area contributed by atoms with Crippen molar-refractivity contribution in [1.29, 1.82) is 0 Å². The Hall–Kier alpha value is -3.13. The molecule has 5 rings (SSSR count). The third-order valence-corrected chi connectivity index (χ3v) is 6.10. The molecular weight excluding hydrogens is 425 g/mol. The van der Waals surface area contributed by atoms with Crippen LogP contribution in [0, 0.1) is 11.7 Å². The predicted octanol–water partition coefficient (Wildman–Crippen LogP) is 3.47. The molecule has 1 saturated heterocycles. The van der Waals surface area contributed by atoms with Crippen molar-refractivity contribution in [2.24, 2.45) is 5.92 Å². The Balaban J connectivity index is 1.27. The monoisotopic (exact) mass is 443 g/mol. The molecule has 2 aliphatic rings. The third-order valence-electron chi connectivity index (χ3n) is 5.81. The summed E-state index contributed by atoms with van der Waals surface area (Å²) in [5.74, 6) is 0.356. The van der Waals surface area contributed by atoms with Gasteiger partial charge in [0, 0.05) is 43.4 Å². The number of carbonyl (C=O) groups is 1. The van der Waals surface area contributed by atoms with Crippen LogP contribution in [0.1, 0.15) is 34.3 Å². The van der Waals surface area contributed by atoms with Crippen molar-refractivity contribution in [3.05, 3.63) is 80.8 Å². The Bertz CT molecular complexity index is 1210. The molecule has 4 heterocycles. The molecule has 2 aliphatic heterocycles. The largest absolute Gasteiger partial charge is 0.484 e. The molecule has 0 radical (unpaired) electrons. The van der Waals surface area contributed by atoms with Gasteiger partial charge in [0.25, 0.3) is 11.5 Å². The number of carbonyl (C=O) groups excluding carboxylic acids is 1. The summed E-state index contributed by atoms with van der Waals surface area (Å²) in [6.07, 6.45) is 0.962. The van der Waals surface area contributed by atoms with Crippen molar-refractivity contribution in [3.63, 3.8) is 0 Å². The molecule has 9 heteroatoms. The van der Waals surface area contributed by atoms with Crippen LogP contribution >= 0.6 is 11.6 Å². The van der Waals surface area contributed by atoms with Gasteiger partial charge in [0.15, 0.2) is 11.5 Å². The third kappa shape index (κ3) is 3.83. The van der Waals surface area contributed by atoms with Crippen LogP contribution in [-0.2, 0) is 13.2 Å². The molecule has 1 amide bonds. The topological polar surface area (TPSA) is 77.6 Å². The fourth-order valence-corrected chi connectivity index (χ4v) is 4.67. The Morgan fingerprint density at radius 2 is 2.10 bits per heavy atom. The van der Waals surface area contributed by atoms with Crippen molar-refractivity contribution in [1.82, 2.24) is 14.6 Å². The summed E-state index contributed by atoms with van der Waals surface area (Å²) in [6, 6.07) is 10.7. The van der Waals surface area contributed by atoms with E-state index in [1.165, 1.54) is 12.1 Å². The number of benzene rings is 1. The van der Waals surface area contributed by atoms with Crippen molar-refractivity contribution >= 4 is 17.5 Å². The quantitative estimate of drug-likeness (QED) is 0.617. The number of piperidine rings is 1. The predicted molar refractivity (Wildman–Crippen MR) is 110 cm³/mol. The number of aromatic nitrogens is 2. The van der Waals surface area contributed by atoms with Crippen molar-refractivity contribution in [2.45, 2.75) is 25.5 Å². The molecule has 3 aromatic rings. The molecule has 2 bridgehead atoms. The van der Waals surface area contributed by atoms with E-state index >= 15 is 0 Å². The van der Waals surface area contributed by atoms with Gasteiger partial charge in [-0.05, 0) is 36.6 Å². The average Bonchev–Trinajstić information content (AvgIpc) is 3.22. The molecule has 1 aromatic carbocycles. The highest BCUT2D eigenvalue weighted by atomic mass is 35.5. The number of nitrogens with zero attached hydrogens (tertiary/aromatic N) is 3. The number of likely N-dealkylation sites (tertiary alicyclic amines) is 1. The maximum absolute atomic E-state index is 13.1. The molecule has 1 fully saturated rings. The van der Waals surface area contributed by atoms with E-state index in [4.69, 9.17) is 20.9 Å². The van der Waals surface area contributed by atoms with Crippen molar-refractivity contribution < 1.29 is 18.4 Å². The number of rotatable bonds is 4. The van der Waals surface area contributed by atoms with Gasteiger partial charge in [-0.2, -0.15) is 0 Å². The van der Waals surface area contributed by atoms with E-state index < -0.39 is 5.82 Å². The first-order valence-corrected chi connectivity index (χ1v) is 10.4. The van der Waals surface area contributed by atoms with E-state index in [0.29, 0.717) is 31.1 Å². The maximum Gasteiger partial charge on any atom is 0.276 e. The standard InChI is InChI=1S/C22H19ClFN3O4/c23-17-7-15(24)4-5-20(17)30-12-16-8-18(25-31-16)22(29)26-9-13-6-14(11-26)19-2-1-3-21(28)27(19)10-13/h1-5,7-8,13-14H,6,9-12H2/t13-,14+/m1/s1. The van der Waals surface area contributed by atoms with E-state index in [-0.39, 0.29) is 40.6 Å². The molecule has 31 heavy (non-hydrogen) atoms. The zero-order valence-electron chi connectivity index (χ0n) is 16.5. The number of pyridine rings is 1. The molecule has 0 N–H and O–H groups in total. The first-order chi connectivity index (χ1) is 15.0. The summed E-state index contributed by atoms with van der Waals surface area (Å²) in [5.41, 5.74) is 1.19. The lowest BCUT2D eigenvalue weighted by Gasteiger charge is -2.42. The second kappa shape index (κ2) is 7.85. The summed E-state index contributed by atoms with van der Waals surface area (Å²) < 4.78 is 25.7. The number of hydrogen-bond acceptors (Lipinski definition) is 5. The second-order valence-electron chi connectivity index (χ2n) is 7.95. The summed E-state index contributed by atoms with van der Waals surface area (Å²) in [5, 5.41) is 4.05. The average molecular weight is 444 g/mol. The highest BCUT2D eigenvalue weighted by Gasteiger charge is 2.37. The summed E-state index contributed by atoms with van der Waals surface area (Å²) in [6.45, 7) is 1.72. The lowest BCUT2D eigenvalue weighted by Crippen LogP contribution is -2.49. The summed E-state index contributed by atoms with van der Waals surface area (Å²) >= 11 is 5.95. The molecule has 2 atom stereocenters. The van der Waals surface area contributed by atoms with Crippen LogP contribution < -0.4 is 10.3 Å². The van der Waals surface area contributed by atoms with Crippen molar-refractivity contribution in [2.75, 3.05) is 13.1 Å². The van der Waals surface area contributed by atoms with Crippen LogP contribution in [0.3, 0.4) is 0 Å². The van der Waals surface area contributed by atoms with Crippen molar-refractivity contribution in [3.8, 4) is 5.75 Å². The highest BCUT2D eigenvalue weighted by molar-refractivity contribution is 6.32. The minimum absolute atomic E-state index is 0.00712. The lowest BCUT2D eigenvalue weighted by molar-refractivity contribution is 0.0584. The molecular formula is C22H19ClFN3O4. The van der Waals surface area contributed by atoms with Gasteiger partial charge in [0.05, 0.1) is 5.02 Å². The minimum atomic E-state index is -0.455. The number of halogens is 2. The molecule has 160 valence electrons. The van der Waals surface area contributed by atoms with Crippen LogP contribution in [0.5, 0.6) is 5.75 Å². The Morgan fingerprint density at radius 3 is 2.94 bits per heavy atom. The summed E-state index contributed by atoms with van der Waals surface area (Å²) in [4.78, 5) is 27.0. The lowest BCUT2D eigenvalue weighted by atomic mass is 9.83. The zero-order chi connectivity index (χ0) is 21.5. The van der Waals surface area contributed by atoms with E-state index in [1.54, 1.807) is 23.1 Å². The molecule has 2 aromatic heterocycles. The zero-order valence-corrected chi connectivity index (χ0v) is 17.2. The normalized spacial score (nSPS) is 19.7. The smallest absolute Gasteiger partial charge is 0.276 e. The Kier molecular flexibility index (Phi) is 5.02. The second-order valence-corrected chi connectivity index (χ2v) is 8.36. The van der Waals surface area contributed by atoms with Crippen LogP contribution in [0.2, 0.25) is 5.02 Å². The number of amides is 1. The number of fused-ring (bicyclic) bond motifs is 4. The van der Waals surface area contributed by atoms with Gasteiger partial charge < -0.3 is 18.7 Å². The maximum atomic E-state index is 13.1. The van der Waals surface area contributed by atoms with Gasteiger partial charge >= 0.3 is 0 Å². The molecule has 0 unspecified atom stereocenters. The first-order valence-electron chi connectivity index (χ1n) is 10.0. The van der Waals surface area contributed by atoms with E-state index in [9.17, 15) is 14.0 Å².